The van der Waals surface area contributed by atoms with E-state index in [0.717, 1.165) is 0 Å². The van der Waals surface area contributed by atoms with Gasteiger partial charge in [0.25, 0.3) is 0 Å². The summed E-state index contributed by atoms with van der Waals surface area (Å²) in [6, 6.07) is 0. The summed E-state index contributed by atoms with van der Waals surface area (Å²) in [4.78, 5) is 0. The van der Waals surface area contributed by atoms with Crippen molar-refractivity contribution in [2.45, 2.75) is 11.0 Å². The molecule has 0 amide bonds. The van der Waals surface area contributed by atoms with E-state index in [1.165, 1.54) is 0 Å². The van der Waals surface area contributed by atoms with Crippen molar-refractivity contribution in [1.82, 2.24) is 0 Å². The van der Waals surface area contributed by atoms with Gasteiger partial charge in [-0.15, -0.1) is 0 Å². The van der Waals surface area contributed by atoms with Gasteiger partial charge in [0.1, 0.15) is 0 Å². The first-order chi connectivity index (χ1) is 3.42. The first-order valence-electron chi connectivity index (χ1n) is 2.65. The van der Waals surface area contributed by atoms with Gasteiger partial charge >= 0.3 is 56.1 Å². The Morgan fingerprint density at radius 3 is 1.75 bits per heavy atom. The molecule has 8 heavy (non-hydrogen) atoms. The van der Waals surface area contributed by atoms with Crippen LogP contribution < -0.4 is 0 Å². The molecule has 0 heterocycles. The van der Waals surface area contributed by atoms with Crippen molar-refractivity contribution in [3.8, 4) is 0 Å². The van der Waals surface area contributed by atoms with Crippen LogP contribution in [0, 0.1) is 0 Å². The topological polar surface area (TPSA) is 26.3 Å². The van der Waals surface area contributed by atoms with E-state index in [-0.39, 0.29) is 0 Å². The minimum atomic E-state index is -2.14. The van der Waals surface area contributed by atoms with Gasteiger partial charge in [-0.25, -0.2) is 0 Å². The zero-order valence-electron chi connectivity index (χ0n) is 5.84. The third-order valence-corrected chi connectivity index (χ3v) is 7.24. The Morgan fingerprint density at radius 1 is 1.38 bits per heavy atom. The molecule has 0 aromatic carbocycles. The first-order valence-corrected chi connectivity index (χ1v) is 11.0. The van der Waals surface area contributed by atoms with E-state index >= 15 is 0 Å². The molecule has 0 unspecified atom stereocenters. The molecule has 0 spiro atoms. The Hall–Kier alpha value is 0.826. The van der Waals surface area contributed by atoms with Gasteiger partial charge < -0.3 is 0 Å². The van der Waals surface area contributed by atoms with E-state index < -0.39 is 24.0 Å². The molecule has 0 aromatic rings. The van der Waals surface area contributed by atoms with Crippen LogP contribution >= 0.6 is 7.37 Å². The van der Waals surface area contributed by atoms with E-state index in [1.807, 2.05) is 0 Å². The molecule has 2 nitrogen and oxygen atoms in total. The van der Waals surface area contributed by atoms with Gasteiger partial charge in [-0.1, -0.05) is 0 Å². The molecule has 0 aromatic heterocycles. The molecule has 0 rings (SSSR count). The van der Waals surface area contributed by atoms with Crippen LogP contribution in [-0.4, -0.2) is 29.9 Å². The number of rotatable bonds is 2. The second-order valence-electron chi connectivity index (χ2n) is 2.41. The zero-order valence-corrected chi connectivity index (χ0v) is 9.16. The summed E-state index contributed by atoms with van der Waals surface area (Å²) in [6.07, 6.45) is 0. The predicted octanol–water partition coefficient (Wildman–Crippen LogP) is 1.79. The summed E-state index contributed by atoms with van der Waals surface area (Å²) in [5, 5.41) is 0. The molecular formula is C4H12GaO2P. The Morgan fingerprint density at radius 2 is 1.75 bits per heavy atom. The molecule has 0 atom stereocenters. The molecule has 48 valence electrons. The molecule has 4 heteroatoms. The van der Waals surface area contributed by atoms with Crippen LogP contribution in [0.25, 0.3) is 0 Å². The van der Waals surface area contributed by atoms with E-state index in [0.29, 0.717) is 0 Å². The van der Waals surface area contributed by atoms with Crippen molar-refractivity contribution < 1.29 is 7.88 Å². The fourth-order valence-electron chi connectivity index (χ4n) is 0.508. The third kappa shape index (κ3) is 6.83. The maximum atomic E-state index is 10.8. The SMILES string of the molecule is [CH3][Ga]([CH3])[O]P(C)(C)=O. The number of hydrogen-bond acceptors (Lipinski definition) is 2. The van der Waals surface area contributed by atoms with Crippen LogP contribution in [0.1, 0.15) is 0 Å². The van der Waals surface area contributed by atoms with Crippen molar-refractivity contribution in [2.75, 3.05) is 13.3 Å². The van der Waals surface area contributed by atoms with E-state index in [1.54, 1.807) is 13.3 Å². The standard InChI is InChI=1S/C2H7O2P.2CH3.Ga/c1-5(2,3)4;;;/h1-2H3,(H,3,4);2*1H3;/q;;;+1/p-1. The van der Waals surface area contributed by atoms with Crippen molar-refractivity contribution in [3.05, 3.63) is 0 Å². The molecule has 0 aliphatic heterocycles. The molecule has 0 aliphatic rings. The van der Waals surface area contributed by atoms with Crippen molar-refractivity contribution in [1.29, 1.82) is 0 Å². The Balaban J connectivity index is 3.56. The fourth-order valence-corrected chi connectivity index (χ4v) is 7.91. The average molecular weight is 193 g/mol. The van der Waals surface area contributed by atoms with Gasteiger partial charge in [-0.3, -0.25) is 0 Å². The monoisotopic (exact) mass is 192 g/mol. The first kappa shape index (κ1) is 8.83. The van der Waals surface area contributed by atoms with Crippen LogP contribution in [-0.2, 0) is 7.88 Å². The summed E-state index contributed by atoms with van der Waals surface area (Å²) in [7, 11) is -2.14. The number of hydrogen-bond donors (Lipinski definition) is 0. The third-order valence-electron chi connectivity index (χ3n) is 0.465. The summed E-state index contributed by atoms with van der Waals surface area (Å²) < 4.78 is 16.0. The van der Waals surface area contributed by atoms with Crippen LogP contribution in [0.5, 0.6) is 0 Å². The normalized spacial score (nSPS) is 11.5. The Labute approximate surface area is 56.5 Å². The van der Waals surface area contributed by atoms with Gasteiger partial charge in [0.2, 0.25) is 0 Å². The Bertz CT molecular complexity index is 107. The van der Waals surface area contributed by atoms with Crippen molar-refractivity contribution in [2.24, 2.45) is 0 Å². The molecule has 0 fully saturated rings. The van der Waals surface area contributed by atoms with Crippen LogP contribution in [0.4, 0.5) is 0 Å². The summed E-state index contributed by atoms with van der Waals surface area (Å²) in [6.45, 7) is 3.33. The zero-order chi connectivity index (χ0) is 6.78. The quantitative estimate of drug-likeness (QED) is 0.493. The van der Waals surface area contributed by atoms with Crippen LogP contribution in [0.2, 0.25) is 11.0 Å². The average Bonchev–Trinajstić information content (AvgIpc) is 1.21. The van der Waals surface area contributed by atoms with Gasteiger partial charge in [-0.2, -0.15) is 0 Å². The second-order valence-corrected chi connectivity index (χ2v) is 10.8. The van der Waals surface area contributed by atoms with Crippen LogP contribution in [0.15, 0.2) is 0 Å². The molecule has 0 aliphatic carbocycles. The molecule has 0 saturated carbocycles. The van der Waals surface area contributed by atoms with Crippen LogP contribution in [0.3, 0.4) is 0 Å². The maximum absolute atomic E-state index is 10.8. The van der Waals surface area contributed by atoms with Gasteiger partial charge in [0, 0.05) is 0 Å². The van der Waals surface area contributed by atoms with Crippen molar-refractivity contribution in [3.63, 3.8) is 0 Å². The van der Waals surface area contributed by atoms with Gasteiger partial charge in [-0.05, 0) is 0 Å². The summed E-state index contributed by atoms with van der Waals surface area (Å²) in [5.74, 6) is 0. The summed E-state index contributed by atoms with van der Waals surface area (Å²) >= 11 is -1.46. The molecule has 0 N–H and O–H groups in total. The fraction of sp³-hybridized carbons (Fsp3) is 1.00. The van der Waals surface area contributed by atoms with E-state index in [2.05, 4.69) is 11.0 Å². The predicted molar refractivity (Wildman–Crippen MR) is 38.0 cm³/mol. The molecular weight excluding hydrogens is 181 g/mol. The Kier molecular flexibility index (Phi) is 3.43. The van der Waals surface area contributed by atoms with E-state index in [9.17, 15) is 4.57 Å². The molecule has 0 radical (unpaired) electrons. The van der Waals surface area contributed by atoms with Crippen molar-refractivity contribution >= 4 is 24.0 Å². The van der Waals surface area contributed by atoms with Gasteiger partial charge in [0.05, 0.1) is 0 Å². The minimum absolute atomic E-state index is 1.46. The molecule has 0 bridgehead atoms. The van der Waals surface area contributed by atoms with Gasteiger partial charge in [0.15, 0.2) is 0 Å². The summed E-state index contributed by atoms with van der Waals surface area (Å²) in [5.41, 5.74) is 4.12. The second kappa shape index (κ2) is 3.11. The van der Waals surface area contributed by atoms with E-state index in [4.69, 9.17) is 3.32 Å². The molecule has 0 saturated heterocycles.